The van der Waals surface area contributed by atoms with Crippen LogP contribution in [0.25, 0.3) is 0 Å². The van der Waals surface area contributed by atoms with Crippen LogP contribution in [0, 0.1) is 0 Å². The van der Waals surface area contributed by atoms with E-state index in [2.05, 4.69) is 9.80 Å². The van der Waals surface area contributed by atoms with Gasteiger partial charge in [0.1, 0.15) is 0 Å². The summed E-state index contributed by atoms with van der Waals surface area (Å²) >= 11 is 0. The highest BCUT2D eigenvalue weighted by atomic mass is 16.3. The summed E-state index contributed by atoms with van der Waals surface area (Å²) in [6, 6.07) is 0. The Morgan fingerprint density at radius 3 is 2.17 bits per heavy atom. The van der Waals surface area contributed by atoms with E-state index >= 15 is 0 Å². The fourth-order valence-corrected chi connectivity index (χ4v) is 1.37. The number of hydrogen-bond donors (Lipinski definition) is 2. The van der Waals surface area contributed by atoms with Gasteiger partial charge < -0.3 is 15.1 Å². The van der Waals surface area contributed by atoms with Crippen LogP contribution in [0.15, 0.2) is 0 Å². The maximum absolute atomic E-state index is 9.23. The van der Waals surface area contributed by atoms with Crippen molar-refractivity contribution in [1.29, 1.82) is 0 Å². The first-order valence-electron chi connectivity index (χ1n) is 4.33. The molecule has 0 spiro atoms. The average Bonchev–Trinajstić information content (AvgIpc) is 2.28. The number of rotatable bonds is 3. The second-order valence-corrected chi connectivity index (χ2v) is 3.70. The van der Waals surface area contributed by atoms with Crippen molar-refractivity contribution in [2.75, 3.05) is 40.3 Å². The molecule has 0 aliphatic carbocycles. The van der Waals surface area contributed by atoms with Crippen LogP contribution in [-0.4, -0.2) is 72.5 Å². The van der Waals surface area contributed by atoms with Gasteiger partial charge >= 0.3 is 0 Å². The van der Waals surface area contributed by atoms with Gasteiger partial charge in [0.2, 0.25) is 0 Å². The lowest BCUT2D eigenvalue weighted by Gasteiger charge is -2.17. The van der Waals surface area contributed by atoms with Crippen molar-refractivity contribution >= 4 is 0 Å². The fourth-order valence-electron chi connectivity index (χ4n) is 1.37. The molecule has 0 bridgehead atoms. The van der Waals surface area contributed by atoms with Gasteiger partial charge in [-0.15, -0.1) is 0 Å². The number of likely N-dealkylation sites (N-methyl/N-ethyl adjacent to an activating group) is 1. The van der Waals surface area contributed by atoms with Crippen molar-refractivity contribution in [1.82, 2.24) is 9.80 Å². The van der Waals surface area contributed by atoms with E-state index in [0.717, 1.165) is 13.1 Å². The number of aliphatic hydroxyl groups excluding tert-OH is 2. The molecular formula is C8H18N2O2. The summed E-state index contributed by atoms with van der Waals surface area (Å²) in [7, 11) is 4.03. The highest BCUT2D eigenvalue weighted by molar-refractivity contribution is 4.83. The molecule has 72 valence electrons. The molecule has 1 aliphatic rings. The van der Waals surface area contributed by atoms with E-state index in [1.165, 1.54) is 0 Å². The Labute approximate surface area is 73.4 Å². The van der Waals surface area contributed by atoms with Crippen LogP contribution in [0.5, 0.6) is 0 Å². The molecule has 0 unspecified atom stereocenters. The van der Waals surface area contributed by atoms with Crippen LogP contribution in [0.4, 0.5) is 0 Å². The van der Waals surface area contributed by atoms with Gasteiger partial charge in [-0.2, -0.15) is 0 Å². The van der Waals surface area contributed by atoms with Gasteiger partial charge in [0, 0.05) is 26.2 Å². The largest absolute Gasteiger partial charge is 0.389 e. The van der Waals surface area contributed by atoms with Gasteiger partial charge in [-0.3, -0.25) is 4.90 Å². The molecule has 1 saturated heterocycles. The molecule has 2 atom stereocenters. The molecule has 1 heterocycles. The van der Waals surface area contributed by atoms with Gasteiger partial charge in [0.25, 0.3) is 0 Å². The Bertz CT molecular complexity index is 131. The van der Waals surface area contributed by atoms with Crippen molar-refractivity contribution in [3.05, 3.63) is 0 Å². The molecule has 4 nitrogen and oxygen atoms in total. The minimum atomic E-state index is -0.549. The summed E-state index contributed by atoms with van der Waals surface area (Å²) < 4.78 is 0. The van der Waals surface area contributed by atoms with Crippen LogP contribution in [0.2, 0.25) is 0 Å². The van der Waals surface area contributed by atoms with Crippen molar-refractivity contribution in [2.45, 2.75) is 12.2 Å². The molecular weight excluding hydrogens is 156 g/mol. The average molecular weight is 174 g/mol. The molecule has 0 aromatic carbocycles. The second kappa shape index (κ2) is 4.18. The van der Waals surface area contributed by atoms with E-state index < -0.39 is 12.2 Å². The highest BCUT2D eigenvalue weighted by Crippen LogP contribution is 2.08. The normalized spacial score (nSPS) is 31.8. The number of β-amino-alcohol motifs (C(OH)–C–C–N with tert-alkyl or cyclic N) is 2. The van der Waals surface area contributed by atoms with Crippen molar-refractivity contribution < 1.29 is 10.2 Å². The summed E-state index contributed by atoms with van der Waals surface area (Å²) in [6.07, 6.45) is -1.10. The molecule has 0 saturated carbocycles. The van der Waals surface area contributed by atoms with Crippen LogP contribution < -0.4 is 0 Å². The van der Waals surface area contributed by atoms with Gasteiger partial charge in [0.15, 0.2) is 0 Å². The minimum absolute atomic E-state index is 0.549. The zero-order valence-electron chi connectivity index (χ0n) is 7.77. The lowest BCUT2D eigenvalue weighted by atomic mass is 10.3. The minimum Gasteiger partial charge on any atom is -0.389 e. The predicted octanol–water partition coefficient (Wildman–Crippen LogP) is -1.41. The quantitative estimate of drug-likeness (QED) is 0.551. The Morgan fingerprint density at radius 2 is 1.75 bits per heavy atom. The van der Waals surface area contributed by atoms with E-state index in [-0.39, 0.29) is 0 Å². The standard InChI is InChI=1S/C8H18N2O2/c1-9(2)3-4-10-5-7(11)8(12)6-10/h7-8,11-12H,3-6H2,1-2H3/t7-,8+. The highest BCUT2D eigenvalue weighted by Gasteiger charge is 2.28. The van der Waals surface area contributed by atoms with Crippen LogP contribution >= 0.6 is 0 Å². The topological polar surface area (TPSA) is 46.9 Å². The van der Waals surface area contributed by atoms with Crippen LogP contribution in [0.1, 0.15) is 0 Å². The number of hydrogen-bond acceptors (Lipinski definition) is 4. The zero-order chi connectivity index (χ0) is 9.14. The lowest BCUT2D eigenvalue weighted by molar-refractivity contribution is 0.0572. The lowest BCUT2D eigenvalue weighted by Crippen LogP contribution is -2.30. The molecule has 0 radical (unpaired) electrons. The third-order valence-electron chi connectivity index (χ3n) is 2.20. The summed E-state index contributed by atoms with van der Waals surface area (Å²) in [5.41, 5.74) is 0. The van der Waals surface area contributed by atoms with E-state index in [4.69, 9.17) is 0 Å². The molecule has 0 aromatic heterocycles. The van der Waals surface area contributed by atoms with Crippen molar-refractivity contribution in [2.24, 2.45) is 0 Å². The molecule has 12 heavy (non-hydrogen) atoms. The molecule has 1 rings (SSSR count). The number of nitrogens with zero attached hydrogens (tertiary/aromatic N) is 2. The molecule has 1 fully saturated rings. The Kier molecular flexibility index (Phi) is 3.46. The maximum Gasteiger partial charge on any atom is 0.0938 e. The second-order valence-electron chi connectivity index (χ2n) is 3.70. The van der Waals surface area contributed by atoms with Crippen molar-refractivity contribution in [3.8, 4) is 0 Å². The molecule has 0 amide bonds. The first-order valence-corrected chi connectivity index (χ1v) is 4.33. The van der Waals surface area contributed by atoms with Crippen LogP contribution in [0.3, 0.4) is 0 Å². The molecule has 4 heteroatoms. The Morgan fingerprint density at radius 1 is 1.25 bits per heavy atom. The Hall–Kier alpha value is -0.160. The Balaban J connectivity index is 2.19. The summed E-state index contributed by atoms with van der Waals surface area (Å²) in [4.78, 5) is 4.17. The van der Waals surface area contributed by atoms with E-state index in [9.17, 15) is 10.2 Å². The third kappa shape index (κ3) is 2.71. The maximum atomic E-state index is 9.23. The van der Waals surface area contributed by atoms with Crippen LogP contribution in [-0.2, 0) is 0 Å². The zero-order valence-corrected chi connectivity index (χ0v) is 7.77. The van der Waals surface area contributed by atoms with Gasteiger partial charge in [-0.1, -0.05) is 0 Å². The number of aliphatic hydroxyl groups is 2. The molecule has 1 aliphatic heterocycles. The van der Waals surface area contributed by atoms with E-state index in [0.29, 0.717) is 13.1 Å². The van der Waals surface area contributed by atoms with E-state index in [1.807, 2.05) is 14.1 Å². The van der Waals surface area contributed by atoms with Gasteiger partial charge in [0.05, 0.1) is 12.2 Å². The monoisotopic (exact) mass is 174 g/mol. The molecule has 0 aromatic rings. The van der Waals surface area contributed by atoms with Crippen molar-refractivity contribution in [3.63, 3.8) is 0 Å². The van der Waals surface area contributed by atoms with E-state index in [1.54, 1.807) is 0 Å². The SMILES string of the molecule is CN(C)CCN1C[C@@H](O)[C@@H](O)C1. The first kappa shape index (κ1) is 9.92. The summed E-state index contributed by atoms with van der Waals surface area (Å²) in [5, 5.41) is 18.5. The summed E-state index contributed by atoms with van der Waals surface area (Å²) in [6.45, 7) is 3.10. The number of likely N-dealkylation sites (tertiary alicyclic amines) is 1. The smallest absolute Gasteiger partial charge is 0.0938 e. The fraction of sp³-hybridized carbons (Fsp3) is 1.00. The predicted molar refractivity (Wildman–Crippen MR) is 47.0 cm³/mol. The third-order valence-corrected chi connectivity index (χ3v) is 2.20. The van der Waals surface area contributed by atoms with Gasteiger partial charge in [-0.05, 0) is 14.1 Å². The van der Waals surface area contributed by atoms with Gasteiger partial charge in [-0.25, -0.2) is 0 Å². The first-order chi connectivity index (χ1) is 5.59. The molecule has 2 N–H and O–H groups in total. The summed E-state index contributed by atoms with van der Waals surface area (Å²) in [5.74, 6) is 0.